The van der Waals surface area contributed by atoms with Crippen LogP contribution >= 0.6 is 0 Å². The second-order valence-electron chi connectivity index (χ2n) is 5.21. The van der Waals surface area contributed by atoms with E-state index in [0.29, 0.717) is 11.7 Å². The molecule has 104 valence electrons. The average molecular weight is 261 g/mol. The molecule has 19 heavy (non-hydrogen) atoms. The van der Waals surface area contributed by atoms with Gasteiger partial charge in [0.25, 0.3) is 5.91 Å². The van der Waals surface area contributed by atoms with Crippen molar-refractivity contribution in [2.45, 2.75) is 39.2 Å². The molecule has 0 spiro atoms. The molecule has 0 saturated carbocycles. The smallest absolute Gasteiger partial charge is 0.272 e. The fraction of sp³-hybridized carbons (Fsp3) is 0.600. The van der Waals surface area contributed by atoms with Crippen LogP contribution in [0, 0.1) is 6.92 Å². The van der Waals surface area contributed by atoms with Gasteiger partial charge in [-0.1, -0.05) is 13.0 Å². The van der Waals surface area contributed by atoms with E-state index in [1.54, 1.807) is 6.20 Å². The number of nitrogens with zero attached hydrogens (tertiary/aromatic N) is 2. The van der Waals surface area contributed by atoms with E-state index in [1.165, 1.54) is 6.42 Å². The van der Waals surface area contributed by atoms with Gasteiger partial charge in [0.15, 0.2) is 0 Å². The molecule has 1 N–H and O–H groups in total. The van der Waals surface area contributed by atoms with Crippen LogP contribution in [0.25, 0.3) is 0 Å². The minimum absolute atomic E-state index is 0.0636. The molecule has 1 aromatic heterocycles. The summed E-state index contributed by atoms with van der Waals surface area (Å²) in [5.41, 5.74) is 1.54. The summed E-state index contributed by atoms with van der Waals surface area (Å²) in [5.74, 6) is 0.0636. The van der Waals surface area contributed by atoms with E-state index in [1.807, 2.05) is 24.0 Å². The van der Waals surface area contributed by atoms with Crippen molar-refractivity contribution in [1.29, 1.82) is 0 Å². The summed E-state index contributed by atoms with van der Waals surface area (Å²) in [6.07, 6.45) is 5.04. The number of rotatable bonds is 5. The Morgan fingerprint density at radius 3 is 3.05 bits per heavy atom. The predicted molar refractivity (Wildman–Crippen MR) is 76.2 cm³/mol. The molecule has 1 amide bonds. The van der Waals surface area contributed by atoms with Crippen molar-refractivity contribution in [1.82, 2.24) is 15.2 Å². The van der Waals surface area contributed by atoms with Crippen LogP contribution in [-0.2, 0) is 0 Å². The fourth-order valence-corrected chi connectivity index (χ4v) is 2.58. The lowest BCUT2D eigenvalue weighted by atomic mass is 10.1. The lowest BCUT2D eigenvalue weighted by Crippen LogP contribution is -2.42. The van der Waals surface area contributed by atoms with Gasteiger partial charge in [0.05, 0.1) is 0 Å². The lowest BCUT2D eigenvalue weighted by molar-refractivity contribution is 0.0735. The highest BCUT2D eigenvalue weighted by molar-refractivity contribution is 5.93. The zero-order valence-corrected chi connectivity index (χ0v) is 11.9. The van der Waals surface area contributed by atoms with E-state index in [-0.39, 0.29) is 5.91 Å². The number of pyridine rings is 1. The second-order valence-corrected chi connectivity index (χ2v) is 5.21. The van der Waals surface area contributed by atoms with Crippen LogP contribution in [0.2, 0.25) is 0 Å². The Bertz CT molecular complexity index is 427. The summed E-state index contributed by atoms with van der Waals surface area (Å²) in [4.78, 5) is 18.8. The third-order valence-corrected chi connectivity index (χ3v) is 3.60. The van der Waals surface area contributed by atoms with Gasteiger partial charge in [0.2, 0.25) is 0 Å². The van der Waals surface area contributed by atoms with Gasteiger partial charge >= 0.3 is 0 Å². The molecule has 2 heterocycles. The SMILES string of the molecule is CCCN(CC1CCCN1)C(=O)c1ncccc1C. The average Bonchev–Trinajstić information content (AvgIpc) is 2.91. The number of aryl methyl sites for hydroxylation is 1. The van der Waals surface area contributed by atoms with Gasteiger partial charge in [0, 0.05) is 25.3 Å². The van der Waals surface area contributed by atoms with Crippen LogP contribution in [0.1, 0.15) is 42.2 Å². The van der Waals surface area contributed by atoms with E-state index < -0.39 is 0 Å². The van der Waals surface area contributed by atoms with Crippen molar-refractivity contribution in [3.05, 3.63) is 29.6 Å². The largest absolute Gasteiger partial charge is 0.336 e. The maximum atomic E-state index is 12.6. The molecule has 2 rings (SSSR count). The van der Waals surface area contributed by atoms with Crippen LogP contribution in [-0.4, -0.2) is 41.5 Å². The number of amides is 1. The van der Waals surface area contributed by atoms with E-state index in [0.717, 1.165) is 38.0 Å². The normalized spacial score (nSPS) is 18.5. The van der Waals surface area contributed by atoms with Crippen molar-refractivity contribution in [2.24, 2.45) is 0 Å². The summed E-state index contributed by atoms with van der Waals surface area (Å²) in [6, 6.07) is 4.26. The fourth-order valence-electron chi connectivity index (χ4n) is 2.58. The number of carbonyl (C=O) groups is 1. The van der Waals surface area contributed by atoms with Gasteiger partial charge in [-0.3, -0.25) is 9.78 Å². The van der Waals surface area contributed by atoms with Crippen molar-refractivity contribution >= 4 is 5.91 Å². The molecule has 1 fully saturated rings. The molecular weight excluding hydrogens is 238 g/mol. The highest BCUT2D eigenvalue weighted by Gasteiger charge is 2.23. The third kappa shape index (κ3) is 3.53. The van der Waals surface area contributed by atoms with Crippen molar-refractivity contribution in [2.75, 3.05) is 19.6 Å². The van der Waals surface area contributed by atoms with Gasteiger partial charge in [-0.2, -0.15) is 0 Å². The van der Waals surface area contributed by atoms with Gasteiger partial charge in [-0.05, 0) is 44.4 Å². The minimum atomic E-state index is 0.0636. The molecule has 1 aliphatic heterocycles. The first-order valence-corrected chi connectivity index (χ1v) is 7.16. The molecule has 1 aliphatic rings. The second kappa shape index (κ2) is 6.66. The number of aromatic nitrogens is 1. The van der Waals surface area contributed by atoms with Crippen LogP contribution in [0.15, 0.2) is 18.3 Å². The standard InChI is InChI=1S/C15H23N3O/c1-3-10-18(11-13-7-5-8-16-13)15(19)14-12(2)6-4-9-17-14/h4,6,9,13,16H,3,5,7-8,10-11H2,1-2H3. The van der Waals surface area contributed by atoms with Crippen molar-refractivity contribution in [3.8, 4) is 0 Å². The zero-order valence-electron chi connectivity index (χ0n) is 11.9. The molecule has 1 saturated heterocycles. The predicted octanol–water partition coefficient (Wildman–Crippen LogP) is 1.99. The molecule has 1 aromatic rings. The van der Waals surface area contributed by atoms with E-state index in [9.17, 15) is 4.79 Å². The van der Waals surface area contributed by atoms with Gasteiger partial charge in [-0.15, -0.1) is 0 Å². The third-order valence-electron chi connectivity index (χ3n) is 3.60. The van der Waals surface area contributed by atoms with E-state index in [2.05, 4.69) is 17.2 Å². The Labute approximate surface area is 115 Å². The van der Waals surface area contributed by atoms with E-state index >= 15 is 0 Å². The Balaban J connectivity index is 2.09. The van der Waals surface area contributed by atoms with E-state index in [4.69, 9.17) is 0 Å². The van der Waals surface area contributed by atoms with Crippen molar-refractivity contribution in [3.63, 3.8) is 0 Å². The molecule has 0 radical (unpaired) electrons. The maximum absolute atomic E-state index is 12.6. The Kier molecular flexibility index (Phi) is 4.91. The van der Waals surface area contributed by atoms with Crippen LogP contribution in [0.4, 0.5) is 0 Å². The minimum Gasteiger partial charge on any atom is -0.336 e. The molecule has 1 atom stereocenters. The van der Waals surface area contributed by atoms with Crippen LogP contribution in [0.3, 0.4) is 0 Å². The van der Waals surface area contributed by atoms with Crippen molar-refractivity contribution < 1.29 is 4.79 Å². The first-order chi connectivity index (χ1) is 9.22. The van der Waals surface area contributed by atoms with Gasteiger partial charge in [0.1, 0.15) is 5.69 Å². The first kappa shape index (κ1) is 14.0. The first-order valence-electron chi connectivity index (χ1n) is 7.16. The molecule has 4 nitrogen and oxygen atoms in total. The maximum Gasteiger partial charge on any atom is 0.272 e. The monoisotopic (exact) mass is 261 g/mol. The highest BCUT2D eigenvalue weighted by Crippen LogP contribution is 2.12. The Morgan fingerprint density at radius 2 is 2.42 bits per heavy atom. The summed E-state index contributed by atoms with van der Waals surface area (Å²) < 4.78 is 0. The van der Waals surface area contributed by atoms with Gasteiger partial charge < -0.3 is 10.2 Å². The quantitative estimate of drug-likeness (QED) is 0.881. The molecule has 0 aromatic carbocycles. The summed E-state index contributed by atoms with van der Waals surface area (Å²) in [5, 5.41) is 3.45. The van der Waals surface area contributed by atoms with Crippen LogP contribution in [0.5, 0.6) is 0 Å². The molecule has 0 bridgehead atoms. The number of carbonyl (C=O) groups excluding carboxylic acids is 1. The van der Waals surface area contributed by atoms with Crippen LogP contribution < -0.4 is 5.32 Å². The molecule has 0 aliphatic carbocycles. The summed E-state index contributed by atoms with van der Waals surface area (Å²) in [7, 11) is 0. The summed E-state index contributed by atoms with van der Waals surface area (Å²) in [6.45, 7) is 6.71. The molecule has 1 unspecified atom stereocenters. The number of nitrogens with one attached hydrogen (secondary N) is 1. The van der Waals surface area contributed by atoms with Gasteiger partial charge in [-0.25, -0.2) is 0 Å². The number of hydrogen-bond donors (Lipinski definition) is 1. The zero-order chi connectivity index (χ0) is 13.7. The molecular formula is C15H23N3O. The topological polar surface area (TPSA) is 45.2 Å². The summed E-state index contributed by atoms with van der Waals surface area (Å²) >= 11 is 0. The number of hydrogen-bond acceptors (Lipinski definition) is 3. The lowest BCUT2D eigenvalue weighted by Gasteiger charge is -2.25. The highest BCUT2D eigenvalue weighted by atomic mass is 16.2. The Morgan fingerprint density at radius 1 is 1.58 bits per heavy atom. The Hall–Kier alpha value is -1.42. The molecule has 4 heteroatoms.